The second-order valence-corrected chi connectivity index (χ2v) is 8.31. The average molecular weight is 398 g/mol. The molecule has 0 aromatic heterocycles. The van der Waals surface area contributed by atoms with E-state index in [-0.39, 0.29) is 41.3 Å². The highest BCUT2D eigenvalue weighted by Crippen LogP contribution is 2.37. The lowest BCUT2D eigenvalue weighted by Gasteiger charge is -2.34. The maximum atomic E-state index is 13.0. The predicted octanol–water partition coefficient (Wildman–Crippen LogP) is -0.358. The summed E-state index contributed by atoms with van der Waals surface area (Å²) in [5.41, 5.74) is 7.67. The van der Waals surface area contributed by atoms with Crippen LogP contribution >= 0.6 is 0 Å². The lowest BCUT2D eigenvalue weighted by Crippen LogP contribution is -2.54. The summed E-state index contributed by atoms with van der Waals surface area (Å²) in [6, 6.07) is 4.21. The summed E-state index contributed by atoms with van der Waals surface area (Å²) < 4.78 is 5.56. The number of piperidine rings is 1. The van der Waals surface area contributed by atoms with Crippen LogP contribution in [0.2, 0.25) is 0 Å². The summed E-state index contributed by atoms with van der Waals surface area (Å²) in [6.45, 7) is 2.67. The van der Waals surface area contributed by atoms with Crippen LogP contribution in [-0.2, 0) is 14.3 Å². The van der Waals surface area contributed by atoms with Crippen molar-refractivity contribution < 1.29 is 23.9 Å². The van der Waals surface area contributed by atoms with E-state index in [1.165, 1.54) is 0 Å². The van der Waals surface area contributed by atoms with E-state index in [2.05, 4.69) is 10.2 Å². The van der Waals surface area contributed by atoms with Gasteiger partial charge in [-0.3, -0.25) is 29.4 Å². The predicted molar refractivity (Wildman–Crippen MR) is 101 cm³/mol. The number of nitrogens with zero attached hydrogens (tertiary/aromatic N) is 2. The Kier molecular flexibility index (Phi) is 4.01. The zero-order chi connectivity index (χ0) is 20.3. The number of benzene rings is 1. The smallest absolute Gasteiger partial charge is 0.262 e. The van der Waals surface area contributed by atoms with Crippen LogP contribution in [0.3, 0.4) is 0 Å². The Labute approximate surface area is 167 Å². The highest BCUT2D eigenvalue weighted by molar-refractivity contribution is 6.23. The fourth-order valence-electron chi connectivity index (χ4n) is 4.84. The zero-order valence-corrected chi connectivity index (χ0v) is 15.8. The van der Waals surface area contributed by atoms with Crippen molar-refractivity contribution in [3.63, 3.8) is 0 Å². The molecule has 0 bridgehead atoms. The van der Waals surface area contributed by atoms with Crippen molar-refractivity contribution >= 4 is 29.3 Å². The van der Waals surface area contributed by atoms with Gasteiger partial charge >= 0.3 is 0 Å². The topological polar surface area (TPSA) is 122 Å². The molecule has 0 radical (unpaired) electrons. The molecule has 4 aliphatic heterocycles. The Morgan fingerprint density at radius 1 is 1.14 bits per heavy atom. The Morgan fingerprint density at radius 2 is 1.93 bits per heavy atom. The molecule has 1 aromatic carbocycles. The van der Waals surface area contributed by atoms with Crippen molar-refractivity contribution in [2.45, 2.75) is 30.8 Å². The number of amides is 4. The van der Waals surface area contributed by atoms with E-state index in [1.54, 1.807) is 12.1 Å². The normalized spacial score (nSPS) is 31.8. The van der Waals surface area contributed by atoms with Crippen LogP contribution in [0.15, 0.2) is 18.2 Å². The molecule has 1 unspecified atom stereocenters. The summed E-state index contributed by atoms with van der Waals surface area (Å²) in [6.07, 6.45) is 1.04. The number of rotatable bonds is 2. The number of nitrogens with one attached hydrogen (secondary N) is 1. The Balaban J connectivity index is 1.42. The van der Waals surface area contributed by atoms with E-state index < -0.39 is 23.8 Å². The van der Waals surface area contributed by atoms with Crippen LogP contribution in [0.1, 0.15) is 40.0 Å². The van der Waals surface area contributed by atoms with E-state index in [4.69, 9.17) is 10.5 Å². The molecule has 9 heteroatoms. The van der Waals surface area contributed by atoms with Crippen molar-refractivity contribution in [3.05, 3.63) is 29.3 Å². The third-order valence-electron chi connectivity index (χ3n) is 6.56. The maximum absolute atomic E-state index is 13.0. The lowest BCUT2D eigenvalue weighted by molar-refractivity contribution is -0.136. The van der Waals surface area contributed by atoms with Gasteiger partial charge in [-0.25, -0.2) is 0 Å². The maximum Gasteiger partial charge on any atom is 0.262 e. The van der Waals surface area contributed by atoms with Crippen LogP contribution in [0, 0.1) is 5.92 Å². The monoisotopic (exact) mass is 398 g/mol. The van der Waals surface area contributed by atoms with Gasteiger partial charge in [-0.05, 0) is 31.0 Å². The van der Waals surface area contributed by atoms with Crippen LogP contribution in [0.4, 0.5) is 5.69 Å². The fourth-order valence-corrected chi connectivity index (χ4v) is 4.84. The Morgan fingerprint density at radius 3 is 2.69 bits per heavy atom. The van der Waals surface area contributed by atoms with Gasteiger partial charge in [-0.15, -0.1) is 0 Å². The average Bonchev–Trinajstić information content (AvgIpc) is 3.17. The highest BCUT2D eigenvalue weighted by atomic mass is 16.5. The summed E-state index contributed by atoms with van der Waals surface area (Å²) in [7, 11) is 0. The molecule has 0 saturated carbocycles. The van der Waals surface area contributed by atoms with E-state index in [9.17, 15) is 19.2 Å². The fraction of sp³-hybridized carbons (Fsp3) is 0.500. The highest BCUT2D eigenvalue weighted by Gasteiger charge is 2.47. The van der Waals surface area contributed by atoms with Gasteiger partial charge in [0.2, 0.25) is 11.8 Å². The summed E-state index contributed by atoms with van der Waals surface area (Å²) in [5, 5.41) is 2.20. The number of anilines is 1. The largest absolute Gasteiger partial charge is 0.381 e. The molecule has 152 valence electrons. The minimum atomic E-state index is -0.956. The van der Waals surface area contributed by atoms with Crippen LogP contribution < -0.4 is 16.0 Å². The molecule has 5 rings (SSSR count). The minimum Gasteiger partial charge on any atom is -0.381 e. The zero-order valence-electron chi connectivity index (χ0n) is 15.8. The number of fused-ring (bicyclic) bond motifs is 2. The standard InChI is InChI=1S/C20H22N4O5/c21-20-5-6-29-9-11(20)8-23(10-20)12-1-2-13-14(7-12)19(28)24(18(13)27)15-3-4-16(25)22-17(15)26/h1-2,7,11,15H,3-6,8-10,21H2,(H,22,25,26)/t11-,15?,20+/m0/s1. The molecule has 29 heavy (non-hydrogen) atoms. The van der Waals surface area contributed by atoms with E-state index in [0.29, 0.717) is 19.8 Å². The van der Waals surface area contributed by atoms with Gasteiger partial charge in [0.1, 0.15) is 6.04 Å². The van der Waals surface area contributed by atoms with Crippen molar-refractivity contribution in [3.8, 4) is 0 Å². The molecule has 3 N–H and O–H groups in total. The van der Waals surface area contributed by atoms with Crippen LogP contribution in [-0.4, -0.2) is 66.4 Å². The third kappa shape index (κ3) is 2.76. The number of hydrogen-bond acceptors (Lipinski definition) is 7. The van der Waals surface area contributed by atoms with Crippen molar-refractivity contribution in [1.29, 1.82) is 0 Å². The van der Waals surface area contributed by atoms with Crippen molar-refractivity contribution in [2.75, 3.05) is 31.2 Å². The first kappa shape index (κ1) is 18.3. The van der Waals surface area contributed by atoms with Gasteiger partial charge in [0.05, 0.1) is 17.7 Å². The van der Waals surface area contributed by atoms with Gasteiger partial charge < -0.3 is 15.4 Å². The van der Waals surface area contributed by atoms with Crippen LogP contribution in [0.25, 0.3) is 0 Å². The van der Waals surface area contributed by atoms with Gasteiger partial charge in [0.25, 0.3) is 11.8 Å². The lowest BCUT2D eigenvalue weighted by atomic mass is 9.84. The molecule has 4 amide bonds. The molecular weight excluding hydrogens is 376 g/mol. The van der Waals surface area contributed by atoms with E-state index in [1.807, 2.05) is 6.07 Å². The first-order valence-corrected chi connectivity index (χ1v) is 9.84. The molecule has 4 aliphatic rings. The van der Waals surface area contributed by atoms with E-state index in [0.717, 1.165) is 23.6 Å². The number of hydrogen-bond donors (Lipinski definition) is 2. The Hall–Kier alpha value is -2.78. The first-order valence-electron chi connectivity index (χ1n) is 9.84. The number of carbonyl (C=O) groups excluding carboxylic acids is 4. The quantitative estimate of drug-likeness (QED) is 0.653. The third-order valence-corrected chi connectivity index (χ3v) is 6.56. The molecule has 0 spiro atoms. The number of imide groups is 2. The molecule has 3 saturated heterocycles. The number of ether oxygens (including phenoxy) is 1. The van der Waals surface area contributed by atoms with E-state index >= 15 is 0 Å². The Bertz CT molecular complexity index is 947. The summed E-state index contributed by atoms with van der Waals surface area (Å²) in [4.78, 5) is 52.5. The van der Waals surface area contributed by atoms with Crippen LogP contribution in [0.5, 0.6) is 0 Å². The summed E-state index contributed by atoms with van der Waals surface area (Å²) >= 11 is 0. The molecular formula is C20H22N4O5. The van der Waals surface area contributed by atoms with Crippen molar-refractivity contribution in [1.82, 2.24) is 10.2 Å². The number of nitrogens with two attached hydrogens (primary N) is 1. The second kappa shape index (κ2) is 6.36. The molecule has 3 fully saturated rings. The first-order chi connectivity index (χ1) is 13.9. The van der Waals surface area contributed by atoms with Gasteiger partial charge in [0, 0.05) is 43.3 Å². The van der Waals surface area contributed by atoms with Gasteiger partial charge in [-0.1, -0.05) is 0 Å². The molecule has 1 aromatic rings. The number of carbonyl (C=O) groups is 4. The molecule has 9 nitrogen and oxygen atoms in total. The second-order valence-electron chi connectivity index (χ2n) is 8.31. The summed E-state index contributed by atoms with van der Waals surface area (Å²) in [5.74, 6) is -1.76. The van der Waals surface area contributed by atoms with Gasteiger partial charge in [0.15, 0.2) is 0 Å². The molecule has 0 aliphatic carbocycles. The SMILES string of the molecule is N[C@@]12CCOC[C@@H]1CN(c1ccc3c(c1)C(=O)N(C1CCC(=O)NC1=O)C3=O)C2. The molecule has 3 atom stereocenters. The van der Waals surface area contributed by atoms with Gasteiger partial charge in [-0.2, -0.15) is 0 Å². The molecule has 4 heterocycles. The van der Waals surface area contributed by atoms with Crippen molar-refractivity contribution in [2.24, 2.45) is 11.7 Å². The minimum absolute atomic E-state index is 0.102.